The molecule has 0 aromatic heterocycles. The van der Waals surface area contributed by atoms with Crippen molar-refractivity contribution in [1.29, 1.82) is 0 Å². The van der Waals surface area contributed by atoms with Gasteiger partial charge in [-0.05, 0) is 44.1 Å². The van der Waals surface area contributed by atoms with Gasteiger partial charge in [0.15, 0.2) is 0 Å². The molecule has 19 heavy (non-hydrogen) atoms. The van der Waals surface area contributed by atoms with E-state index in [4.69, 9.17) is 9.84 Å². The average molecular weight is 264 g/mol. The fraction of sp³-hybridized carbons (Fsp3) is 0.500. The quantitative estimate of drug-likeness (QED) is 0.821. The molecule has 0 saturated carbocycles. The van der Waals surface area contributed by atoms with E-state index in [0.29, 0.717) is 18.0 Å². The van der Waals surface area contributed by atoms with Gasteiger partial charge in [0, 0.05) is 13.6 Å². The van der Waals surface area contributed by atoms with Crippen LogP contribution in [0.25, 0.3) is 0 Å². The Labute approximate surface area is 113 Å². The molecule has 0 bridgehead atoms. The minimum absolute atomic E-state index is 0.260. The van der Waals surface area contributed by atoms with Crippen LogP contribution < -0.4 is 10.1 Å². The summed E-state index contributed by atoms with van der Waals surface area (Å²) in [7, 11) is 1.76. The first-order valence-corrected chi connectivity index (χ1v) is 6.61. The number of carbonyl (C=O) groups is 1. The first-order valence-electron chi connectivity index (χ1n) is 6.61. The normalized spacial score (nSPS) is 15.4. The summed E-state index contributed by atoms with van der Waals surface area (Å²) in [6, 6.07) is 4.86. The third-order valence-electron chi connectivity index (χ3n) is 3.36. The summed E-state index contributed by atoms with van der Waals surface area (Å²) in [6.07, 6.45) is 2.55. The highest BCUT2D eigenvalue weighted by molar-refractivity contribution is 5.89. The molecule has 2 N–H and O–H groups in total. The number of carboxylic acids is 1. The summed E-state index contributed by atoms with van der Waals surface area (Å²) in [5.74, 6) is -0.230. The topological polar surface area (TPSA) is 61.8 Å². The highest BCUT2D eigenvalue weighted by atomic mass is 16.5. The monoisotopic (exact) mass is 264 g/mol. The van der Waals surface area contributed by atoms with Crippen LogP contribution in [0.4, 0.5) is 5.69 Å². The predicted molar refractivity (Wildman–Crippen MR) is 74.1 cm³/mol. The Bertz CT molecular complexity index is 442. The molecule has 1 aromatic carbocycles. The molecule has 1 aromatic rings. The average Bonchev–Trinajstić information content (AvgIpc) is 2.92. The molecule has 0 atom stereocenters. The lowest BCUT2D eigenvalue weighted by atomic mass is 10.2. The number of benzene rings is 1. The Morgan fingerprint density at radius 3 is 2.79 bits per heavy atom. The van der Waals surface area contributed by atoms with E-state index >= 15 is 0 Å². The van der Waals surface area contributed by atoms with Crippen molar-refractivity contribution in [2.45, 2.75) is 12.8 Å². The fourth-order valence-corrected chi connectivity index (χ4v) is 2.28. The number of aromatic carboxylic acids is 1. The summed E-state index contributed by atoms with van der Waals surface area (Å²) in [5, 5.41) is 11.9. The van der Waals surface area contributed by atoms with E-state index in [-0.39, 0.29) is 5.56 Å². The van der Waals surface area contributed by atoms with E-state index in [1.165, 1.54) is 12.8 Å². The SMILES string of the molecule is CNc1cc(C(=O)O)ccc1OCCN1CCCC1. The zero-order valence-corrected chi connectivity index (χ0v) is 11.2. The highest BCUT2D eigenvalue weighted by Gasteiger charge is 2.12. The molecule has 104 valence electrons. The molecule has 5 heteroatoms. The third-order valence-corrected chi connectivity index (χ3v) is 3.36. The minimum Gasteiger partial charge on any atom is -0.490 e. The zero-order chi connectivity index (χ0) is 13.7. The van der Waals surface area contributed by atoms with E-state index < -0.39 is 5.97 Å². The largest absolute Gasteiger partial charge is 0.490 e. The Morgan fingerprint density at radius 2 is 2.16 bits per heavy atom. The summed E-state index contributed by atoms with van der Waals surface area (Å²) in [6.45, 7) is 3.85. The van der Waals surface area contributed by atoms with Gasteiger partial charge in [0.05, 0.1) is 11.3 Å². The van der Waals surface area contributed by atoms with Crippen LogP contribution in [0.3, 0.4) is 0 Å². The molecule has 5 nitrogen and oxygen atoms in total. The first-order chi connectivity index (χ1) is 9.20. The second-order valence-corrected chi connectivity index (χ2v) is 4.66. The minimum atomic E-state index is -0.930. The van der Waals surface area contributed by atoms with Crippen molar-refractivity contribution in [3.8, 4) is 5.75 Å². The predicted octanol–water partition coefficient (Wildman–Crippen LogP) is 1.90. The van der Waals surface area contributed by atoms with Gasteiger partial charge in [0.25, 0.3) is 0 Å². The number of hydrogen-bond donors (Lipinski definition) is 2. The number of nitrogens with zero attached hydrogens (tertiary/aromatic N) is 1. The second kappa shape index (κ2) is 6.43. The molecule has 1 aliphatic rings. The lowest BCUT2D eigenvalue weighted by molar-refractivity contribution is 0.0697. The van der Waals surface area contributed by atoms with Gasteiger partial charge in [0.2, 0.25) is 0 Å². The van der Waals surface area contributed by atoms with Gasteiger partial charge in [-0.1, -0.05) is 0 Å². The van der Waals surface area contributed by atoms with Crippen LogP contribution in [-0.4, -0.2) is 49.3 Å². The molecule has 0 radical (unpaired) electrons. The fourth-order valence-electron chi connectivity index (χ4n) is 2.28. The highest BCUT2D eigenvalue weighted by Crippen LogP contribution is 2.25. The van der Waals surface area contributed by atoms with Crippen molar-refractivity contribution in [2.75, 3.05) is 38.6 Å². The van der Waals surface area contributed by atoms with Crippen LogP contribution in [0, 0.1) is 0 Å². The van der Waals surface area contributed by atoms with Crippen LogP contribution >= 0.6 is 0 Å². The van der Waals surface area contributed by atoms with Gasteiger partial charge in [0.1, 0.15) is 12.4 Å². The van der Waals surface area contributed by atoms with E-state index in [2.05, 4.69) is 10.2 Å². The Hall–Kier alpha value is -1.75. The lowest BCUT2D eigenvalue weighted by Crippen LogP contribution is -2.25. The van der Waals surface area contributed by atoms with E-state index in [9.17, 15) is 4.79 Å². The zero-order valence-electron chi connectivity index (χ0n) is 11.2. The van der Waals surface area contributed by atoms with E-state index in [0.717, 1.165) is 19.6 Å². The molecule has 1 aliphatic heterocycles. The molecule has 0 amide bonds. The smallest absolute Gasteiger partial charge is 0.335 e. The number of ether oxygens (including phenoxy) is 1. The first kappa shape index (κ1) is 13.7. The molecule has 0 unspecified atom stereocenters. The standard InChI is InChI=1S/C14H20N2O3/c1-15-12-10-11(14(17)18)4-5-13(12)19-9-8-16-6-2-3-7-16/h4-5,10,15H,2-3,6-9H2,1H3,(H,17,18). The van der Waals surface area contributed by atoms with Gasteiger partial charge in [-0.3, -0.25) is 4.90 Å². The van der Waals surface area contributed by atoms with Crippen LogP contribution in [-0.2, 0) is 0 Å². The number of nitrogens with one attached hydrogen (secondary N) is 1. The van der Waals surface area contributed by atoms with Gasteiger partial charge >= 0.3 is 5.97 Å². The number of rotatable bonds is 6. The van der Waals surface area contributed by atoms with Crippen LogP contribution in [0.15, 0.2) is 18.2 Å². The molecular weight excluding hydrogens is 244 g/mol. The van der Waals surface area contributed by atoms with E-state index in [1.807, 2.05) is 0 Å². The Balaban J connectivity index is 1.93. The molecule has 0 aliphatic carbocycles. The van der Waals surface area contributed by atoms with Crippen LogP contribution in [0.1, 0.15) is 23.2 Å². The number of anilines is 1. The molecule has 2 rings (SSSR count). The Morgan fingerprint density at radius 1 is 1.42 bits per heavy atom. The number of likely N-dealkylation sites (tertiary alicyclic amines) is 1. The molecule has 0 spiro atoms. The van der Waals surface area contributed by atoms with Gasteiger partial charge in [-0.2, -0.15) is 0 Å². The van der Waals surface area contributed by atoms with Crippen molar-refractivity contribution >= 4 is 11.7 Å². The van der Waals surface area contributed by atoms with Gasteiger partial charge in [-0.15, -0.1) is 0 Å². The van der Waals surface area contributed by atoms with Crippen molar-refractivity contribution in [3.05, 3.63) is 23.8 Å². The van der Waals surface area contributed by atoms with Crippen molar-refractivity contribution in [3.63, 3.8) is 0 Å². The summed E-state index contributed by atoms with van der Waals surface area (Å²) >= 11 is 0. The maximum absolute atomic E-state index is 10.9. The second-order valence-electron chi connectivity index (χ2n) is 4.66. The molecule has 1 fully saturated rings. The third kappa shape index (κ3) is 3.61. The summed E-state index contributed by atoms with van der Waals surface area (Å²) in [5.41, 5.74) is 0.970. The number of carboxylic acid groups (broad SMARTS) is 1. The maximum atomic E-state index is 10.9. The molecular formula is C14H20N2O3. The van der Waals surface area contributed by atoms with E-state index in [1.54, 1.807) is 25.2 Å². The molecule has 1 saturated heterocycles. The van der Waals surface area contributed by atoms with Crippen LogP contribution in [0.2, 0.25) is 0 Å². The summed E-state index contributed by atoms with van der Waals surface area (Å²) in [4.78, 5) is 13.3. The summed E-state index contributed by atoms with van der Waals surface area (Å²) < 4.78 is 5.73. The van der Waals surface area contributed by atoms with Crippen molar-refractivity contribution < 1.29 is 14.6 Å². The Kier molecular flexibility index (Phi) is 4.63. The maximum Gasteiger partial charge on any atom is 0.335 e. The van der Waals surface area contributed by atoms with Crippen molar-refractivity contribution in [2.24, 2.45) is 0 Å². The lowest BCUT2D eigenvalue weighted by Gasteiger charge is -2.16. The van der Waals surface area contributed by atoms with Gasteiger partial charge in [-0.25, -0.2) is 4.79 Å². The van der Waals surface area contributed by atoms with Crippen LogP contribution in [0.5, 0.6) is 5.75 Å². The number of hydrogen-bond acceptors (Lipinski definition) is 4. The van der Waals surface area contributed by atoms with Gasteiger partial charge < -0.3 is 15.2 Å². The van der Waals surface area contributed by atoms with Crippen molar-refractivity contribution in [1.82, 2.24) is 4.90 Å². The molecule has 1 heterocycles.